The molecule has 1 amide bonds. The summed E-state index contributed by atoms with van der Waals surface area (Å²) in [4.78, 5) is 12.4. The number of halogens is 2. The van der Waals surface area contributed by atoms with Crippen molar-refractivity contribution in [3.05, 3.63) is 78.3 Å². The first-order valence-electron chi connectivity index (χ1n) is 7.72. The molecule has 0 saturated carbocycles. The molecule has 134 valence electrons. The van der Waals surface area contributed by atoms with E-state index in [4.69, 9.17) is 9.15 Å². The average molecular weight is 359 g/mol. The Hall–Kier alpha value is -3.35. The highest BCUT2D eigenvalue weighted by Crippen LogP contribution is 2.20. The van der Waals surface area contributed by atoms with E-state index in [2.05, 4.69) is 10.1 Å². The number of anilines is 1. The molecule has 0 radical (unpaired) electrons. The number of carbonyl (C=O) groups excluding carboxylic acids is 1. The second-order valence-corrected chi connectivity index (χ2v) is 5.23. The minimum absolute atomic E-state index is 0.00736. The van der Waals surface area contributed by atoms with E-state index in [1.807, 2.05) is 30.3 Å². The molecule has 0 aliphatic carbocycles. The number of alkyl halides is 2. The van der Waals surface area contributed by atoms with Gasteiger partial charge in [-0.25, -0.2) is 0 Å². The molecular weight excluding hydrogens is 344 g/mol. The van der Waals surface area contributed by atoms with Crippen molar-refractivity contribution >= 4 is 11.6 Å². The van der Waals surface area contributed by atoms with Crippen LogP contribution in [0.4, 0.5) is 14.5 Å². The number of hydrogen-bond donors (Lipinski definition) is 1. The normalized spacial score (nSPS) is 10.6. The minimum atomic E-state index is -2.90. The van der Waals surface area contributed by atoms with Gasteiger partial charge in [0, 0.05) is 11.3 Å². The molecule has 1 heterocycles. The van der Waals surface area contributed by atoms with Gasteiger partial charge in [-0.2, -0.15) is 8.78 Å². The molecule has 2 aromatic carbocycles. The molecule has 0 atom stereocenters. The summed E-state index contributed by atoms with van der Waals surface area (Å²) >= 11 is 0. The number of nitrogens with one attached hydrogen (secondary N) is 1. The van der Waals surface area contributed by atoms with E-state index in [-0.39, 0.29) is 18.1 Å². The van der Waals surface area contributed by atoms with Crippen molar-refractivity contribution in [1.29, 1.82) is 0 Å². The zero-order chi connectivity index (χ0) is 18.4. The third-order valence-electron chi connectivity index (χ3n) is 3.43. The van der Waals surface area contributed by atoms with Crippen LogP contribution >= 0.6 is 0 Å². The van der Waals surface area contributed by atoms with Gasteiger partial charge in [-0.3, -0.25) is 4.79 Å². The Morgan fingerprint density at radius 3 is 2.42 bits per heavy atom. The number of amides is 1. The minimum Gasteiger partial charge on any atom is -0.489 e. The lowest BCUT2D eigenvalue weighted by Gasteiger charge is -2.08. The van der Waals surface area contributed by atoms with Gasteiger partial charge in [-0.05, 0) is 42.5 Å². The number of benzene rings is 2. The molecule has 7 heteroatoms. The fourth-order valence-corrected chi connectivity index (χ4v) is 2.23. The van der Waals surface area contributed by atoms with Crippen LogP contribution in [0.15, 0.2) is 71.3 Å². The molecule has 0 spiro atoms. The van der Waals surface area contributed by atoms with Crippen molar-refractivity contribution < 1.29 is 27.5 Å². The van der Waals surface area contributed by atoms with E-state index in [1.165, 1.54) is 30.5 Å². The molecule has 1 N–H and O–H groups in total. The Labute approximate surface area is 148 Å². The van der Waals surface area contributed by atoms with Gasteiger partial charge in [0.2, 0.25) is 0 Å². The van der Waals surface area contributed by atoms with E-state index in [9.17, 15) is 13.6 Å². The van der Waals surface area contributed by atoms with Crippen LogP contribution in [0.1, 0.15) is 16.1 Å². The smallest absolute Gasteiger partial charge is 0.387 e. The molecule has 1 aromatic heterocycles. The van der Waals surface area contributed by atoms with Gasteiger partial charge in [-0.1, -0.05) is 18.2 Å². The van der Waals surface area contributed by atoms with Crippen LogP contribution in [0.2, 0.25) is 0 Å². The Morgan fingerprint density at radius 1 is 1.00 bits per heavy atom. The van der Waals surface area contributed by atoms with E-state index in [1.54, 1.807) is 6.07 Å². The monoisotopic (exact) mass is 359 g/mol. The second-order valence-electron chi connectivity index (χ2n) is 5.23. The van der Waals surface area contributed by atoms with E-state index in [0.29, 0.717) is 17.0 Å². The third-order valence-corrected chi connectivity index (χ3v) is 3.43. The lowest BCUT2D eigenvalue weighted by molar-refractivity contribution is -0.0498. The van der Waals surface area contributed by atoms with Crippen molar-refractivity contribution in [2.75, 3.05) is 5.32 Å². The summed E-state index contributed by atoms with van der Waals surface area (Å²) in [5.74, 6) is 0.334. The molecule has 0 unspecified atom stereocenters. The summed E-state index contributed by atoms with van der Waals surface area (Å²) in [7, 11) is 0. The Bertz CT molecular complexity index is 847. The molecule has 0 aliphatic heterocycles. The van der Waals surface area contributed by atoms with E-state index >= 15 is 0 Å². The number of para-hydroxylation sites is 1. The lowest BCUT2D eigenvalue weighted by Crippen LogP contribution is -2.13. The number of ether oxygens (including phenoxy) is 2. The van der Waals surface area contributed by atoms with Gasteiger partial charge >= 0.3 is 6.61 Å². The molecule has 3 aromatic rings. The van der Waals surface area contributed by atoms with Crippen LogP contribution in [0.3, 0.4) is 0 Å². The van der Waals surface area contributed by atoms with Crippen LogP contribution in [0, 0.1) is 0 Å². The summed E-state index contributed by atoms with van der Waals surface area (Å²) in [5, 5.41) is 2.63. The van der Waals surface area contributed by atoms with Gasteiger partial charge in [0.05, 0.1) is 6.26 Å². The molecule has 5 nitrogen and oxygen atoms in total. The maximum atomic E-state index is 12.4. The molecule has 0 aliphatic rings. The van der Waals surface area contributed by atoms with Gasteiger partial charge in [0.25, 0.3) is 5.91 Å². The highest BCUT2D eigenvalue weighted by molar-refractivity contribution is 6.03. The topological polar surface area (TPSA) is 60.7 Å². The van der Waals surface area contributed by atoms with Crippen molar-refractivity contribution in [1.82, 2.24) is 0 Å². The molecular formula is C19H15F2NO4. The number of hydrogen-bond acceptors (Lipinski definition) is 4. The fourth-order valence-electron chi connectivity index (χ4n) is 2.23. The fraction of sp³-hybridized carbons (Fsp3) is 0.105. The Morgan fingerprint density at radius 2 is 1.73 bits per heavy atom. The first-order chi connectivity index (χ1) is 12.6. The quantitative estimate of drug-likeness (QED) is 0.664. The van der Waals surface area contributed by atoms with E-state index in [0.717, 1.165) is 0 Å². The lowest BCUT2D eigenvalue weighted by atomic mass is 10.2. The Balaban J connectivity index is 1.62. The predicted molar refractivity (Wildman–Crippen MR) is 90.5 cm³/mol. The van der Waals surface area contributed by atoms with Gasteiger partial charge in [0.15, 0.2) is 5.76 Å². The molecule has 3 rings (SSSR count). The standard InChI is InChI=1S/C19H15F2NO4/c20-19(21)26-16-8-6-14(7-9-16)22-18(23)17-13(10-11-24-17)12-25-15-4-2-1-3-5-15/h1-11,19H,12H2,(H,22,23). The SMILES string of the molecule is O=C(Nc1ccc(OC(F)F)cc1)c1occc1COc1ccccc1. The predicted octanol–water partition coefficient (Wildman–Crippen LogP) is 4.71. The van der Waals surface area contributed by atoms with Crippen molar-refractivity contribution in [3.63, 3.8) is 0 Å². The zero-order valence-corrected chi connectivity index (χ0v) is 13.5. The number of rotatable bonds is 7. The second kappa shape index (κ2) is 8.15. The van der Waals surface area contributed by atoms with Crippen LogP contribution < -0.4 is 14.8 Å². The van der Waals surface area contributed by atoms with Gasteiger partial charge in [0.1, 0.15) is 18.1 Å². The maximum Gasteiger partial charge on any atom is 0.387 e. The first-order valence-corrected chi connectivity index (χ1v) is 7.72. The average Bonchev–Trinajstić information content (AvgIpc) is 3.11. The van der Waals surface area contributed by atoms with Crippen LogP contribution in [-0.2, 0) is 6.61 Å². The number of furan rings is 1. The largest absolute Gasteiger partial charge is 0.489 e. The van der Waals surface area contributed by atoms with Crippen LogP contribution in [0.25, 0.3) is 0 Å². The summed E-state index contributed by atoms with van der Waals surface area (Å²) in [6.45, 7) is -2.73. The Kier molecular flexibility index (Phi) is 5.48. The molecule has 0 saturated heterocycles. The number of carbonyl (C=O) groups is 1. The summed E-state index contributed by atoms with van der Waals surface area (Å²) < 4.78 is 39.4. The van der Waals surface area contributed by atoms with Gasteiger partial charge < -0.3 is 19.2 Å². The highest BCUT2D eigenvalue weighted by Gasteiger charge is 2.16. The van der Waals surface area contributed by atoms with Gasteiger partial charge in [-0.15, -0.1) is 0 Å². The zero-order valence-electron chi connectivity index (χ0n) is 13.5. The van der Waals surface area contributed by atoms with Crippen molar-refractivity contribution in [3.8, 4) is 11.5 Å². The molecule has 0 fully saturated rings. The van der Waals surface area contributed by atoms with Crippen molar-refractivity contribution in [2.24, 2.45) is 0 Å². The maximum absolute atomic E-state index is 12.4. The molecule has 0 bridgehead atoms. The third kappa shape index (κ3) is 4.60. The van der Waals surface area contributed by atoms with Crippen LogP contribution in [0.5, 0.6) is 11.5 Å². The van der Waals surface area contributed by atoms with E-state index < -0.39 is 12.5 Å². The summed E-state index contributed by atoms with van der Waals surface area (Å²) in [6, 6.07) is 16.4. The first kappa shape index (κ1) is 17.5. The van der Waals surface area contributed by atoms with Crippen molar-refractivity contribution in [2.45, 2.75) is 13.2 Å². The molecule has 26 heavy (non-hydrogen) atoms. The summed E-state index contributed by atoms with van der Waals surface area (Å²) in [6.07, 6.45) is 1.40. The highest BCUT2D eigenvalue weighted by atomic mass is 19.3. The summed E-state index contributed by atoms with van der Waals surface area (Å²) in [5.41, 5.74) is 1.01. The van der Waals surface area contributed by atoms with Crippen LogP contribution in [-0.4, -0.2) is 12.5 Å².